The molecule has 6 nitrogen and oxygen atoms in total. The van der Waals surface area contributed by atoms with Crippen LogP contribution in [-0.4, -0.2) is 36.4 Å². The standard InChI is InChI=1S/C10H11Cl2N3O3/c1-14(2)10(16)5-13-8-3-6(11)7(12)4-9(8)15(17)18/h3-4,13H,5H2,1-2H3. The van der Waals surface area contributed by atoms with Crippen molar-refractivity contribution in [2.75, 3.05) is 26.0 Å². The number of nitrogens with one attached hydrogen (secondary N) is 1. The van der Waals surface area contributed by atoms with Gasteiger partial charge >= 0.3 is 0 Å². The number of carbonyl (C=O) groups excluding carboxylic acids is 1. The molecule has 0 aliphatic rings. The van der Waals surface area contributed by atoms with Crippen molar-refractivity contribution in [1.29, 1.82) is 0 Å². The van der Waals surface area contributed by atoms with Crippen LogP contribution in [0.25, 0.3) is 0 Å². The fraction of sp³-hybridized carbons (Fsp3) is 0.300. The van der Waals surface area contributed by atoms with Crippen LogP contribution in [0.2, 0.25) is 10.0 Å². The molecule has 1 N–H and O–H groups in total. The van der Waals surface area contributed by atoms with Gasteiger partial charge in [0.05, 0.1) is 21.5 Å². The Kier molecular flexibility index (Phi) is 4.75. The van der Waals surface area contributed by atoms with E-state index < -0.39 is 4.92 Å². The van der Waals surface area contributed by atoms with Crippen molar-refractivity contribution < 1.29 is 9.72 Å². The number of halogens is 2. The summed E-state index contributed by atoms with van der Waals surface area (Å²) in [5, 5.41) is 13.8. The highest BCUT2D eigenvalue weighted by molar-refractivity contribution is 6.42. The Morgan fingerprint density at radius 1 is 1.39 bits per heavy atom. The van der Waals surface area contributed by atoms with E-state index >= 15 is 0 Å². The second kappa shape index (κ2) is 5.88. The minimum atomic E-state index is -0.593. The van der Waals surface area contributed by atoms with E-state index in [2.05, 4.69) is 5.32 Å². The Morgan fingerprint density at radius 3 is 2.44 bits per heavy atom. The third-order valence-electron chi connectivity index (χ3n) is 2.16. The number of hydrogen-bond donors (Lipinski definition) is 1. The van der Waals surface area contributed by atoms with Crippen molar-refractivity contribution in [2.45, 2.75) is 0 Å². The number of nitro benzene ring substituents is 1. The minimum Gasteiger partial charge on any atom is -0.371 e. The van der Waals surface area contributed by atoms with Gasteiger partial charge in [-0.15, -0.1) is 0 Å². The van der Waals surface area contributed by atoms with Gasteiger partial charge in [0.2, 0.25) is 5.91 Å². The van der Waals surface area contributed by atoms with Gasteiger partial charge in [-0.2, -0.15) is 0 Å². The molecule has 1 aromatic carbocycles. The number of amides is 1. The fourth-order valence-corrected chi connectivity index (χ4v) is 1.48. The highest BCUT2D eigenvalue weighted by atomic mass is 35.5. The topological polar surface area (TPSA) is 75.5 Å². The average molecular weight is 292 g/mol. The number of hydrogen-bond acceptors (Lipinski definition) is 4. The van der Waals surface area contributed by atoms with Gasteiger partial charge < -0.3 is 10.2 Å². The highest BCUT2D eigenvalue weighted by Gasteiger charge is 2.17. The SMILES string of the molecule is CN(C)C(=O)CNc1cc(Cl)c(Cl)cc1[N+](=O)[O-]. The summed E-state index contributed by atoms with van der Waals surface area (Å²) in [5.41, 5.74) is -0.0689. The summed E-state index contributed by atoms with van der Waals surface area (Å²) in [6.07, 6.45) is 0. The maximum absolute atomic E-state index is 11.4. The smallest absolute Gasteiger partial charge is 0.293 e. The van der Waals surface area contributed by atoms with E-state index in [9.17, 15) is 14.9 Å². The first kappa shape index (κ1) is 14.5. The molecular formula is C10H11Cl2N3O3. The summed E-state index contributed by atoms with van der Waals surface area (Å²) in [4.78, 5) is 23.0. The molecule has 0 aliphatic carbocycles. The van der Waals surface area contributed by atoms with Gasteiger partial charge in [-0.05, 0) is 6.07 Å². The van der Waals surface area contributed by atoms with E-state index in [1.165, 1.54) is 11.0 Å². The molecule has 18 heavy (non-hydrogen) atoms. The van der Waals surface area contributed by atoms with Gasteiger partial charge in [0.25, 0.3) is 5.69 Å². The van der Waals surface area contributed by atoms with Crippen molar-refractivity contribution in [3.8, 4) is 0 Å². The molecule has 0 aliphatic heterocycles. The number of benzene rings is 1. The van der Waals surface area contributed by atoms with Crippen LogP contribution in [0.1, 0.15) is 0 Å². The molecule has 0 spiro atoms. The zero-order valence-corrected chi connectivity index (χ0v) is 11.2. The molecule has 0 atom stereocenters. The number of rotatable bonds is 4. The molecule has 0 saturated heterocycles. The number of carbonyl (C=O) groups is 1. The summed E-state index contributed by atoms with van der Waals surface area (Å²) in [5.74, 6) is -0.213. The second-order valence-electron chi connectivity index (χ2n) is 3.68. The summed E-state index contributed by atoms with van der Waals surface area (Å²) >= 11 is 11.5. The minimum absolute atomic E-state index is 0.0637. The fourth-order valence-electron chi connectivity index (χ4n) is 1.16. The lowest BCUT2D eigenvalue weighted by atomic mass is 10.2. The molecule has 0 fully saturated rings. The molecule has 1 aromatic rings. The van der Waals surface area contributed by atoms with Gasteiger partial charge in [0.1, 0.15) is 5.69 Å². The van der Waals surface area contributed by atoms with Crippen LogP contribution in [0.15, 0.2) is 12.1 Å². The Bertz CT molecular complexity index is 492. The number of likely N-dealkylation sites (N-methyl/N-ethyl adjacent to an activating group) is 1. The maximum atomic E-state index is 11.4. The van der Waals surface area contributed by atoms with Gasteiger partial charge in [0, 0.05) is 20.2 Å². The molecule has 98 valence electrons. The molecular weight excluding hydrogens is 281 g/mol. The second-order valence-corrected chi connectivity index (χ2v) is 4.50. The largest absolute Gasteiger partial charge is 0.371 e. The molecule has 0 bridgehead atoms. The van der Waals surface area contributed by atoms with Crippen molar-refractivity contribution in [3.63, 3.8) is 0 Å². The van der Waals surface area contributed by atoms with E-state index in [0.717, 1.165) is 6.07 Å². The molecule has 0 radical (unpaired) electrons. The van der Waals surface area contributed by atoms with Crippen molar-refractivity contribution in [1.82, 2.24) is 4.90 Å². The quantitative estimate of drug-likeness (QED) is 0.683. The third kappa shape index (κ3) is 3.48. The van der Waals surface area contributed by atoms with Crippen LogP contribution in [0.3, 0.4) is 0 Å². The van der Waals surface area contributed by atoms with Crippen LogP contribution in [0, 0.1) is 10.1 Å². The zero-order chi connectivity index (χ0) is 13.9. The Labute approximate surface area is 114 Å². The Hall–Kier alpha value is -1.53. The molecule has 1 amide bonds. The van der Waals surface area contributed by atoms with E-state index in [1.807, 2.05) is 0 Å². The predicted molar refractivity (Wildman–Crippen MR) is 70.3 cm³/mol. The lowest BCUT2D eigenvalue weighted by Crippen LogP contribution is -2.28. The zero-order valence-electron chi connectivity index (χ0n) is 9.74. The van der Waals surface area contributed by atoms with Crippen molar-refractivity contribution in [2.24, 2.45) is 0 Å². The molecule has 0 aromatic heterocycles. The summed E-state index contributed by atoms with van der Waals surface area (Å²) in [7, 11) is 3.18. The lowest BCUT2D eigenvalue weighted by molar-refractivity contribution is -0.383. The first-order chi connectivity index (χ1) is 8.32. The van der Waals surface area contributed by atoms with Crippen molar-refractivity contribution >= 4 is 40.5 Å². The number of nitro groups is 1. The number of nitrogens with zero attached hydrogens (tertiary/aromatic N) is 2. The van der Waals surface area contributed by atoms with E-state index in [1.54, 1.807) is 14.1 Å². The Balaban J connectivity index is 2.97. The van der Waals surface area contributed by atoms with Gasteiger partial charge in [-0.1, -0.05) is 23.2 Å². The molecule has 0 saturated carbocycles. The maximum Gasteiger partial charge on any atom is 0.293 e. The summed E-state index contributed by atoms with van der Waals surface area (Å²) in [6.45, 7) is -0.0637. The Morgan fingerprint density at radius 2 is 1.94 bits per heavy atom. The van der Waals surface area contributed by atoms with Crippen molar-refractivity contribution in [3.05, 3.63) is 32.3 Å². The first-order valence-electron chi connectivity index (χ1n) is 4.90. The molecule has 1 rings (SSSR count). The predicted octanol–water partition coefficient (Wildman–Crippen LogP) is 2.40. The summed E-state index contributed by atoms with van der Waals surface area (Å²) in [6, 6.07) is 2.47. The van der Waals surface area contributed by atoms with Crippen LogP contribution in [0.4, 0.5) is 11.4 Å². The normalized spacial score (nSPS) is 10.0. The first-order valence-corrected chi connectivity index (χ1v) is 5.66. The van der Waals surface area contributed by atoms with Gasteiger partial charge in [0.15, 0.2) is 0 Å². The third-order valence-corrected chi connectivity index (χ3v) is 2.89. The van der Waals surface area contributed by atoms with Gasteiger partial charge in [-0.3, -0.25) is 14.9 Å². The van der Waals surface area contributed by atoms with Gasteiger partial charge in [-0.25, -0.2) is 0 Å². The average Bonchev–Trinajstić information content (AvgIpc) is 2.29. The van der Waals surface area contributed by atoms with Crippen LogP contribution in [-0.2, 0) is 4.79 Å². The van der Waals surface area contributed by atoms with E-state index in [4.69, 9.17) is 23.2 Å². The van der Waals surface area contributed by atoms with E-state index in [0.29, 0.717) is 0 Å². The summed E-state index contributed by atoms with van der Waals surface area (Å²) < 4.78 is 0. The highest BCUT2D eigenvalue weighted by Crippen LogP contribution is 2.33. The van der Waals surface area contributed by atoms with Crippen LogP contribution in [0.5, 0.6) is 0 Å². The van der Waals surface area contributed by atoms with Crippen LogP contribution < -0.4 is 5.32 Å². The molecule has 0 heterocycles. The molecule has 8 heteroatoms. The van der Waals surface area contributed by atoms with E-state index in [-0.39, 0.29) is 33.9 Å². The number of anilines is 1. The lowest BCUT2D eigenvalue weighted by Gasteiger charge is -2.12. The molecule has 0 unspecified atom stereocenters. The monoisotopic (exact) mass is 291 g/mol. The van der Waals surface area contributed by atoms with Crippen LogP contribution >= 0.6 is 23.2 Å².